The maximum atomic E-state index is 12.4. The van der Waals surface area contributed by atoms with E-state index in [1.54, 1.807) is 0 Å². The van der Waals surface area contributed by atoms with Crippen molar-refractivity contribution in [1.29, 1.82) is 0 Å². The van der Waals surface area contributed by atoms with Crippen LogP contribution < -0.4 is 0 Å². The van der Waals surface area contributed by atoms with Gasteiger partial charge in [0.25, 0.3) is 0 Å². The highest BCUT2D eigenvalue weighted by Gasteiger charge is 2.39. The quantitative estimate of drug-likeness (QED) is 0.717. The van der Waals surface area contributed by atoms with Gasteiger partial charge in [0.05, 0.1) is 13.2 Å². The van der Waals surface area contributed by atoms with E-state index in [1.807, 2.05) is 6.08 Å². The molecule has 0 N–H and O–H groups in total. The molecule has 1 atom stereocenters. The van der Waals surface area contributed by atoms with E-state index in [9.17, 15) is 4.79 Å². The highest BCUT2D eigenvalue weighted by molar-refractivity contribution is 5.85. The third kappa shape index (κ3) is 3.70. The predicted molar refractivity (Wildman–Crippen MR) is 79.4 cm³/mol. The Balaban J connectivity index is 1.89. The molecule has 3 nitrogen and oxygen atoms in total. The summed E-state index contributed by atoms with van der Waals surface area (Å²) in [6.07, 6.45) is 8.15. The maximum Gasteiger partial charge on any atom is 0.157 e. The average molecular weight is 280 g/mol. The van der Waals surface area contributed by atoms with Crippen LogP contribution in [0.1, 0.15) is 58.8 Å². The Morgan fingerprint density at radius 1 is 1.30 bits per heavy atom. The van der Waals surface area contributed by atoms with Crippen LogP contribution in [-0.2, 0) is 14.3 Å². The van der Waals surface area contributed by atoms with Gasteiger partial charge in [-0.1, -0.05) is 26.3 Å². The van der Waals surface area contributed by atoms with Gasteiger partial charge < -0.3 is 9.47 Å². The van der Waals surface area contributed by atoms with E-state index in [0.717, 1.165) is 58.2 Å². The van der Waals surface area contributed by atoms with Crippen LogP contribution in [0.4, 0.5) is 0 Å². The summed E-state index contributed by atoms with van der Waals surface area (Å²) < 4.78 is 11.6. The molecule has 1 aliphatic carbocycles. The molecule has 0 aromatic heterocycles. The van der Waals surface area contributed by atoms with Gasteiger partial charge in [-0.15, -0.1) is 6.58 Å². The van der Waals surface area contributed by atoms with Crippen LogP contribution in [0.3, 0.4) is 0 Å². The molecule has 1 saturated carbocycles. The highest BCUT2D eigenvalue weighted by atomic mass is 16.7. The average Bonchev–Trinajstić information content (AvgIpc) is 2.41. The zero-order valence-electron chi connectivity index (χ0n) is 13.0. The van der Waals surface area contributed by atoms with E-state index in [1.165, 1.54) is 0 Å². The molecule has 0 aromatic rings. The minimum Gasteiger partial charge on any atom is -0.352 e. The van der Waals surface area contributed by atoms with Gasteiger partial charge in [-0.25, -0.2) is 0 Å². The van der Waals surface area contributed by atoms with Gasteiger partial charge in [0.2, 0.25) is 0 Å². The zero-order valence-corrected chi connectivity index (χ0v) is 13.0. The molecule has 2 fully saturated rings. The molecule has 1 aliphatic heterocycles. The number of allylic oxidation sites excluding steroid dienone is 1. The van der Waals surface area contributed by atoms with Crippen LogP contribution in [0.15, 0.2) is 12.7 Å². The molecule has 1 heterocycles. The fourth-order valence-electron chi connectivity index (χ4n) is 3.30. The summed E-state index contributed by atoms with van der Waals surface area (Å²) in [5.74, 6) is 0.416. The summed E-state index contributed by atoms with van der Waals surface area (Å²) in [5, 5.41) is 0. The minimum absolute atomic E-state index is 0.107. The van der Waals surface area contributed by atoms with Crippen molar-refractivity contribution in [3.05, 3.63) is 12.7 Å². The fourth-order valence-corrected chi connectivity index (χ4v) is 3.30. The molecule has 0 radical (unpaired) electrons. The van der Waals surface area contributed by atoms with E-state index >= 15 is 0 Å². The molecule has 0 amide bonds. The monoisotopic (exact) mass is 280 g/mol. The van der Waals surface area contributed by atoms with Crippen molar-refractivity contribution in [2.45, 2.75) is 65.1 Å². The lowest BCUT2D eigenvalue weighted by atomic mass is 9.68. The maximum absolute atomic E-state index is 12.4. The fraction of sp³-hybridized carbons (Fsp3) is 0.824. The van der Waals surface area contributed by atoms with Gasteiger partial charge in [-0.3, -0.25) is 4.79 Å². The Morgan fingerprint density at radius 3 is 2.60 bits per heavy atom. The van der Waals surface area contributed by atoms with Gasteiger partial charge in [0, 0.05) is 17.3 Å². The lowest BCUT2D eigenvalue weighted by Gasteiger charge is -2.38. The number of ether oxygens (including phenoxy) is 2. The lowest BCUT2D eigenvalue weighted by molar-refractivity contribution is -0.226. The Morgan fingerprint density at radius 2 is 2.00 bits per heavy atom. The Kier molecular flexibility index (Phi) is 5.03. The van der Waals surface area contributed by atoms with Gasteiger partial charge in [-0.05, 0) is 32.1 Å². The number of hydrogen-bond acceptors (Lipinski definition) is 3. The first-order valence-corrected chi connectivity index (χ1v) is 7.85. The largest absolute Gasteiger partial charge is 0.352 e. The molecule has 114 valence electrons. The Hall–Kier alpha value is -0.670. The molecule has 0 spiro atoms. The van der Waals surface area contributed by atoms with Crippen LogP contribution in [0.25, 0.3) is 0 Å². The van der Waals surface area contributed by atoms with E-state index in [-0.39, 0.29) is 17.1 Å². The molecule has 20 heavy (non-hydrogen) atoms. The molecule has 1 saturated heterocycles. The SMILES string of the molecule is C=CCC1(CCC2OCC(C)(C)CO2)CCCCC1=O. The van der Waals surface area contributed by atoms with Crippen molar-refractivity contribution in [2.24, 2.45) is 10.8 Å². The molecule has 2 rings (SSSR count). The second-order valence-corrected chi connectivity index (χ2v) is 7.16. The van der Waals surface area contributed by atoms with E-state index in [2.05, 4.69) is 20.4 Å². The third-order valence-electron chi connectivity index (χ3n) is 4.61. The van der Waals surface area contributed by atoms with E-state index in [0.29, 0.717) is 5.78 Å². The molecule has 1 unspecified atom stereocenters. The second kappa shape index (κ2) is 6.40. The number of rotatable bonds is 5. The van der Waals surface area contributed by atoms with Gasteiger partial charge in [-0.2, -0.15) is 0 Å². The predicted octanol–water partition coefficient (Wildman–Crippen LogP) is 3.87. The van der Waals surface area contributed by atoms with Crippen molar-refractivity contribution in [3.63, 3.8) is 0 Å². The van der Waals surface area contributed by atoms with Gasteiger partial charge in [0.15, 0.2) is 6.29 Å². The molecule has 0 bridgehead atoms. The van der Waals surface area contributed by atoms with Gasteiger partial charge in [0.1, 0.15) is 5.78 Å². The first kappa shape index (κ1) is 15.7. The normalized spacial score (nSPS) is 31.2. The van der Waals surface area contributed by atoms with E-state index < -0.39 is 0 Å². The van der Waals surface area contributed by atoms with Crippen LogP contribution in [0.2, 0.25) is 0 Å². The summed E-state index contributed by atoms with van der Waals surface area (Å²) in [6, 6.07) is 0. The summed E-state index contributed by atoms with van der Waals surface area (Å²) in [5.41, 5.74) is -0.0877. The van der Waals surface area contributed by atoms with Crippen molar-refractivity contribution in [2.75, 3.05) is 13.2 Å². The van der Waals surface area contributed by atoms with Crippen LogP contribution in [-0.4, -0.2) is 25.3 Å². The number of carbonyl (C=O) groups excluding carboxylic acids is 1. The summed E-state index contributed by atoms with van der Waals surface area (Å²) in [4.78, 5) is 12.4. The first-order chi connectivity index (χ1) is 9.47. The first-order valence-electron chi connectivity index (χ1n) is 7.85. The molecule has 0 aromatic carbocycles. The number of carbonyl (C=O) groups is 1. The number of Topliss-reactive ketones (excluding diaryl/α,β-unsaturated/α-hetero) is 1. The summed E-state index contributed by atoms with van der Waals surface area (Å²) in [6.45, 7) is 9.60. The van der Waals surface area contributed by atoms with Crippen molar-refractivity contribution < 1.29 is 14.3 Å². The van der Waals surface area contributed by atoms with Crippen molar-refractivity contribution in [3.8, 4) is 0 Å². The van der Waals surface area contributed by atoms with Crippen LogP contribution in [0.5, 0.6) is 0 Å². The molecule has 3 heteroatoms. The lowest BCUT2D eigenvalue weighted by Crippen LogP contribution is -2.40. The number of hydrogen-bond donors (Lipinski definition) is 0. The highest BCUT2D eigenvalue weighted by Crippen LogP contribution is 2.41. The van der Waals surface area contributed by atoms with E-state index in [4.69, 9.17) is 9.47 Å². The Bertz CT molecular complexity index is 351. The third-order valence-corrected chi connectivity index (χ3v) is 4.61. The van der Waals surface area contributed by atoms with Crippen LogP contribution >= 0.6 is 0 Å². The Labute approximate surface area is 122 Å². The van der Waals surface area contributed by atoms with Crippen molar-refractivity contribution >= 4 is 5.78 Å². The topological polar surface area (TPSA) is 35.5 Å². The summed E-state index contributed by atoms with van der Waals surface area (Å²) >= 11 is 0. The van der Waals surface area contributed by atoms with Crippen LogP contribution in [0, 0.1) is 10.8 Å². The smallest absolute Gasteiger partial charge is 0.157 e. The standard InChI is InChI=1S/C17H28O3/c1-4-9-17(10-6-5-7-14(17)18)11-8-15-19-12-16(2,3)13-20-15/h4,15H,1,5-13H2,2-3H3. The molecular weight excluding hydrogens is 252 g/mol. The van der Waals surface area contributed by atoms with Gasteiger partial charge >= 0.3 is 0 Å². The number of ketones is 1. The minimum atomic E-state index is -0.195. The van der Waals surface area contributed by atoms with Crippen molar-refractivity contribution in [1.82, 2.24) is 0 Å². The second-order valence-electron chi connectivity index (χ2n) is 7.16. The molecule has 2 aliphatic rings. The molecular formula is C17H28O3. The summed E-state index contributed by atoms with van der Waals surface area (Å²) in [7, 11) is 0. The zero-order chi connectivity index (χ0) is 14.6.